The third kappa shape index (κ3) is 4.85. The summed E-state index contributed by atoms with van der Waals surface area (Å²) in [6.45, 7) is 0. The quantitative estimate of drug-likeness (QED) is 0.668. The van der Waals surface area contributed by atoms with Gasteiger partial charge in [0.1, 0.15) is 0 Å². The van der Waals surface area contributed by atoms with Crippen molar-refractivity contribution in [2.45, 2.75) is 6.42 Å². The van der Waals surface area contributed by atoms with Gasteiger partial charge in [-0.15, -0.1) is 0 Å². The van der Waals surface area contributed by atoms with E-state index < -0.39 is 0 Å². The SMILES string of the molecule is COC(=O)Cc1ccc(NC(=S)Nc2cccc[nH+]2)cc1. The van der Waals surface area contributed by atoms with Gasteiger partial charge in [0.05, 0.1) is 19.7 Å². The van der Waals surface area contributed by atoms with E-state index in [0.29, 0.717) is 5.11 Å². The van der Waals surface area contributed by atoms with Crippen LogP contribution in [-0.2, 0) is 16.0 Å². The van der Waals surface area contributed by atoms with Crippen LogP contribution in [0.25, 0.3) is 0 Å². The maximum Gasteiger partial charge on any atom is 0.309 e. The van der Waals surface area contributed by atoms with Gasteiger partial charge in [-0.05, 0) is 36.0 Å². The number of H-pyrrole nitrogens is 1. The van der Waals surface area contributed by atoms with Crippen molar-refractivity contribution in [2.24, 2.45) is 0 Å². The molecule has 2 aromatic rings. The summed E-state index contributed by atoms with van der Waals surface area (Å²) in [6, 6.07) is 13.1. The fourth-order valence-electron chi connectivity index (χ4n) is 1.70. The Bertz CT molecular complexity index is 615. The van der Waals surface area contributed by atoms with Crippen LogP contribution in [-0.4, -0.2) is 18.2 Å². The molecule has 1 heterocycles. The second-order valence-electron chi connectivity index (χ2n) is 4.31. The highest BCUT2D eigenvalue weighted by atomic mass is 32.1. The molecule has 0 radical (unpaired) electrons. The Morgan fingerprint density at radius 2 is 1.95 bits per heavy atom. The van der Waals surface area contributed by atoms with Crippen molar-refractivity contribution in [3.05, 3.63) is 54.2 Å². The largest absolute Gasteiger partial charge is 0.469 e. The maximum atomic E-state index is 11.2. The molecule has 0 aliphatic carbocycles. The fourth-order valence-corrected chi connectivity index (χ4v) is 1.93. The second kappa shape index (κ2) is 7.35. The first-order valence-electron chi connectivity index (χ1n) is 6.38. The normalized spacial score (nSPS) is 9.76. The van der Waals surface area contributed by atoms with Gasteiger partial charge in [0.2, 0.25) is 0 Å². The van der Waals surface area contributed by atoms with Crippen molar-refractivity contribution in [2.75, 3.05) is 17.7 Å². The average Bonchev–Trinajstić information content (AvgIpc) is 2.50. The van der Waals surface area contributed by atoms with Crippen LogP contribution in [0.3, 0.4) is 0 Å². The summed E-state index contributed by atoms with van der Waals surface area (Å²) in [6.07, 6.45) is 2.07. The van der Waals surface area contributed by atoms with Crippen molar-refractivity contribution < 1.29 is 14.5 Å². The van der Waals surface area contributed by atoms with Crippen LogP contribution in [0, 0.1) is 0 Å². The number of hydrogen-bond acceptors (Lipinski definition) is 3. The molecule has 6 heteroatoms. The number of carbonyl (C=O) groups excluding carboxylic acids is 1. The van der Waals surface area contributed by atoms with Gasteiger partial charge in [-0.25, -0.2) is 10.3 Å². The number of carbonyl (C=O) groups is 1. The van der Waals surface area contributed by atoms with Gasteiger partial charge >= 0.3 is 5.97 Å². The Balaban J connectivity index is 1.91. The molecule has 0 saturated heterocycles. The molecule has 1 aromatic carbocycles. The summed E-state index contributed by atoms with van der Waals surface area (Å²) in [4.78, 5) is 14.2. The molecule has 1 aromatic heterocycles. The summed E-state index contributed by atoms with van der Waals surface area (Å²) in [5.41, 5.74) is 1.74. The molecule has 5 nitrogen and oxygen atoms in total. The Kier molecular flexibility index (Phi) is 5.22. The summed E-state index contributed by atoms with van der Waals surface area (Å²) in [7, 11) is 1.38. The molecule has 0 bridgehead atoms. The number of nitrogens with one attached hydrogen (secondary N) is 3. The smallest absolute Gasteiger partial charge is 0.309 e. The first-order chi connectivity index (χ1) is 10.2. The first kappa shape index (κ1) is 14.9. The number of anilines is 2. The van der Waals surface area contributed by atoms with Crippen LogP contribution in [0.2, 0.25) is 0 Å². The van der Waals surface area contributed by atoms with Gasteiger partial charge in [0, 0.05) is 11.8 Å². The number of methoxy groups -OCH3 is 1. The van der Waals surface area contributed by atoms with E-state index >= 15 is 0 Å². The van der Waals surface area contributed by atoms with E-state index in [4.69, 9.17) is 12.2 Å². The van der Waals surface area contributed by atoms with Gasteiger partial charge in [-0.2, -0.15) is 0 Å². The molecule has 21 heavy (non-hydrogen) atoms. The molecule has 0 spiro atoms. The number of aromatic nitrogens is 1. The highest BCUT2D eigenvalue weighted by molar-refractivity contribution is 7.80. The lowest BCUT2D eigenvalue weighted by atomic mass is 10.1. The monoisotopic (exact) mass is 302 g/mol. The highest BCUT2D eigenvalue weighted by Crippen LogP contribution is 2.11. The minimum atomic E-state index is -0.257. The molecule has 0 unspecified atom stereocenters. The molecule has 0 amide bonds. The first-order valence-corrected chi connectivity index (χ1v) is 6.78. The van der Waals surface area contributed by atoms with Crippen molar-refractivity contribution >= 4 is 34.8 Å². The zero-order valence-corrected chi connectivity index (χ0v) is 12.4. The molecule has 0 aliphatic rings. The van der Waals surface area contributed by atoms with Crippen LogP contribution in [0.4, 0.5) is 11.5 Å². The molecule has 0 saturated carbocycles. The van der Waals surface area contributed by atoms with Crippen LogP contribution >= 0.6 is 12.2 Å². The van der Waals surface area contributed by atoms with E-state index in [-0.39, 0.29) is 12.4 Å². The Morgan fingerprint density at radius 1 is 1.19 bits per heavy atom. The van der Waals surface area contributed by atoms with Gasteiger partial charge in [-0.3, -0.25) is 4.79 Å². The zero-order chi connectivity index (χ0) is 15.1. The summed E-state index contributed by atoms with van der Waals surface area (Å²) in [5.74, 6) is 0.546. The van der Waals surface area contributed by atoms with E-state index in [1.165, 1.54) is 7.11 Å². The standard InChI is InChI=1S/C15H15N3O2S/c1-20-14(19)10-11-5-7-12(8-6-11)17-15(21)18-13-4-2-3-9-16-13/h2-9H,10H2,1H3,(H2,16,17,18,21)/p+1. The molecule has 0 fully saturated rings. The number of hydrogen-bond donors (Lipinski definition) is 2. The van der Waals surface area contributed by atoms with Crippen LogP contribution in [0.5, 0.6) is 0 Å². The summed E-state index contributed by atoms with van der Waals surface area (Å²) >= 11 is 5.22. The highest BCUT2D eigenvalue weighted by Gasteiger charge is 2.06. The van der Waals surface area contributed by atoms with Gasteiger partial charge < -0.3 is 10.1 Å². The van der Waals surface area contributed by atoms with E-state index in [2.05, 4.69) is 20.4 Å². The second-order valence-corrected chi connectivity index (χ2v) is 4.71. The molecular weight excluding hydrogens is 286 g/mol. The summed E-state index contributed by atoms with van der Waals surface area (Å²) < 4.78 is 4.63. The van der Waals surface area contributed by atoms with Crippen LogP contribution in [0.1, 0.15) is 5.56 Å². The number of esters is 1. The van der Waals surface area contributed by atoms with Gasteiger partial charge in [0.15, 0.2) is 0 Å². The van der Waals surface area contributed by atoms with E-state index in [1.807, 2.05) is 48.7 Å². The van der Waals surface area contributed by atoms with Crippen molar-refractivity contribution in [3.63, 3.8) is 0 Å². The van der Waals surface area contributed by atoms with Crippen molar-refractivity contribution in [3.8, 4) is 0 Å². The minimum absolute atomic E-state index is 0.257. The van der Waals surface area contributed by atoms with Crippen LogP contribution < -0.4 is 15.6 Å². The van der Waals surface area contributed by atoms with Crippen molar-refractivity contribution in [1.29, 1.82) is 0 Å². The van der Waals surface area contributed by atoms with Gasteiger partial charge in [0.25, 0.3) is 10.9 Å². The van der Waals surface area contributed by atoms with Crippen molar-refractivity contribution in [1.82, 2.24) is 0 Å². The number of aromatic amines is 1. The molecule has 0 atom stereocenters. The predicted molar refractivity (Wildman–Crippen MR) is 85.0 cm³/mol. The number of rotatable bonds is 4. The predicted octanol–water partition coefficient (Wildman–Crippen LogP) is 2.03. The van der Waals surface area contributed by atoms with E-state index in [0.717, 1.165) is 17.1 Å². The fraction of sp³-hybridized carbons (Fsp3) is 0.133. The number of pyridine rings is 1. The molecular formula is C15H16N3O2S+. The maximum absolute atomic E-state index is 11.2. The van der Waals surface area contributed by atoms with Gasteiger partial charge in [-0.1, -0.05) is 18.2 Å². The molecule has 0 aliphatic heterocycles. The lowest BCUT2D eigenvalue weighted by molar-refractivity contribution is -0.360. The minimum Gasteiger partial charge on any atom is -0.469 e. The van der Waals surface area contributed by atoms with E-state index in [9.17, 15) is 4.79 Å². The number of thiocarbonyl (C=S) groups is 1. The summed E-state index contributed by atoms with van der Waals surface area (Å²) in [5, 5.41) is 6.59. The molecule has 108 valence electrons. The Labute approximate surface area is 128 Å². The third-order valence-corrected chi connectivity index (χ3v) is 2.95. The molecule has 3 N–H and O–H groups in total. The number of ether oxygens (including phenoxy) is 1. The zero-order valence-electron chi connectivity index (χ0n) is 11.6. The number of benzene rings is 1. The molecule has 2 rings (SSSR count). The Hall–Kier alpha value is -2.47. The Morgan fingerprint density at radius 3 is 2.57 bits per heavy atom. The third-order valence-electron chi connectivity index (χ3n) is 2.75. The van der Waals surface area contributed by atoms with E-state index in [1.54, 1.807) is 0 Å². The lowest BCUT2D eigenvalue weighted by Gasteiger charge is -2.06. The topological polar surface area (TPSA) is 64.5 Å². The van der Waals surface area contributed by atoms with Crippen LogP contribution in [0.15, 0.2) is 48.7 Å². The lowest BCUT2D eigenvalue weighted by Crippen LogP contribution is -2.23. The average molecular weight is 302 g/mol.